The van der Waals surface area contributed by atoms with Gasteiger partial charge in [-0.1, -0.05) is 13.3 Å². The molecule has 2 atom stereocenters. The fourth-order valence-corrected chi connectivity index (χ4v) is 2.71. The molecule has 1 heterocycles. The van der Waals surface area contributed by atoms with E-state index >= 15 is 0 Å². The van der Waals surface area contributed by atoms with Crippen molar-refractivity contribution in [3.63, 3.8) is 0 Å². The fourth-order valence-electron chi connectivity index (χ4n) is 2.71. The van der Waals surface area contributed by atoms with Crippen LogP contribution < -0.4 is 5.73 Å². The van der Waals surface area contributed by atoms with Crippen LogP contribution in [0.2, 0.25) is 0 Å². The third-order valence-electron chi connectivity index (χ3n) is 4.25. The molecule has 1 saturated heterocycles. The first-order valence-electron chi connectivity index (χ1n) is 7.19. The molecule has 102 valence electrons. The molecule has 0 saturated carbocycles. The highest BCUT2D eigenvalue weighted by molar-refractivity contribution is 4.89. The van der Waals surface area contributed by atoms with E-state index in [9.17, 15) is 0 Å². The van der Waals surface area contributed by atoms with Gasteiger partial charge in [-0.2, -0.15) is 0 Å². The molecule has 3 nitrogen and oxygen atoms in total. The molecule has 0 aliphatic carbocycles. The van der Waals surface area contributed by atoms with E-state index in [0.717, 1.165) is 19.1 Å². The maximum absolute atomic E-state index is 5.98. The van der Waals surface area contributed by atoms with Crippen molar-refractivity contribution in [1.82, 2.24) is 4.90 Å². The number of nitrogens with two attached hydrogens (primary N) is 1. The lowest BCUT2D eigenvalue weighted by Gasteiger charge is -2.40. The third kappa shape index (κ3) is 4.23. The van der Waals surface area contributed by atoms with Crippen LogP contribution in [0.3, 0.4) is 0 Å². The Balaban J connectivity index is 2.55. The first kappa shape index (κ1) is 14.9. The molecular formula is C14H30N2O. The lowest BCUT2D eigenvalue weighted by molar-refractivity contribution is 0.0114. The van der Waals surface area contributed by atoms with Crippen molar-refractivity contribution in [2.75, 3.05) is 32.8 Å². The molecule has 3 heteroatoms. The van der Waals surface area contributed by atoms with Crippen LogP contribution >= 0.6 is 0 Å². The van der Waals surface area contributed by atoms with E-state index in [0.29, 0.717) is 6.54 Å². The SMILES string of the molecule is CCOCC(C)(CN)N1CCCC(CC)CC1. The summed E-state index contributed by atoms with van der Waals surface area (Å²) < 4.78 is 5.62. The minimum absolute atomic E-state index is 0.0264. The van der Waals surface area contributed by atoms with Crippen LogP contribution in [-0.2, 0) is 4.74 Å². The van der Waals surface area contributed by atoms with E-state index in [-0.39, 0.29) is 5.54 Å². The summed E-state index contributed by atoms with van der Waals surface area (Å²) in [4.78, 5) is 2.55. The minimum atomic E-state index is 0.0264. The topological polar surface area (TPSA) is 38.5 Å². The average molecular weight is 242 g/mol. The Kier molecular flexibility index (Phi) is 6.45. The summed E-state index contributed by atoms with van der Waals surface area (Å²) in [6, 6.07) is 0. The van der Waals surface area contributed by atoms with Gasteiger partial charge in [-0.3, -0.25) is 4.90 Å². The Morgan fingerprint density at radius 1 is 1.29 bits per heavy atom. The van der Waals surface area contributed by atoms with Crippen molar-refractivity contribution in [3.05, 3.63) is 0 Å². The first-order valence-corrected chi connectivity index (χ1v) is 7.19. The van der Waals surface area contributed by atoms with Gasteiger partial charge in [-0.15, -0.1) is 0 Å². The molecule has 2 N–H and O–H groups in total. The molecule has 0 bridgehead atoms. The highest BCUT2D eigenvalue weighted by Crippen LogP contribution is 2.25. The summed E-state index contributed by atoms with van der Waals surface area (Å²) in [5.41, 5.74) is 6.00. The second-order valence-electron chi connectivity index (χ2n) is 5.53. The summed E-state index contributed by atoms with van der Waals surface area (Å²) in [7, 11) is 0. The predicted octanol–water partition coefficient (Wildman–Crippen LogP) is 2.25. The molecule has 2 unspecified atom stereocenters. The summed E-state index contributed by atoms with van der Waals surface area (Å²) in [5, 5.41) is 0. The molecule has 1 aliphatic rings. The van der Waals surface area contributed by atoms with E-state index in [2.05, 4.69) is 18.7 Å². The smallest absolute Gasteiger partial charge is 0.0659 e. The molecule has 0 aromatic heterocycles. The van der Waals surface area contributed by atoms with Gasteiger partial charge in [-0.25, -0.2) is 0 Å². The standard InChI is InChI=1S/C14H30N2O/c1-4-13-7-6-9-16(10-8-13)14(3,11-15)12-17-5-2/h13H,4-12,15H2,1-3H3. The zero-order valence-corrected chi connectivity index (χ0v) is 11.9. The Bertz CT molecular complexity index is 210. The fraction of sp³-hybridized carbons (Fsp3) is 1.00. The predicted molar refractivity (Wildman–Crippen MR) is 73.2 cm³/mol. The van der Waals surface area contributed by atoms with Crippen LogP contribution in [0.1, 0.15) is 46.5 Å². The van der Waals surface area contributed by atoms with Crippen LogP contribution in [0.5, 0.6) is 0 Å². The number of hydrogen-bond donors (Lipinski definition) is 1. The molecular weight excluding hydrogens is 212 g/mol. The maximum atomic E-state index is 5.98. The molecule has 0 radical (unpaired) electrons. The van der Waals surface area contributed by atoms with Crippen molar-refractivity contribution in [2.45, 2.75) is 52.0 Å². The number of ether oxygens (including phenoxy) is 1. The monoisotopic (exact) mass is 242 g/mol. The van der Waals surface area contributed by atoms with E-state index < -0.39 is 0 Å². The molecule has 0 aromatic carbocycles. The Morgan fingerprint density at radius 2 is 2.06 bits per heavy atom. The average Bonchev–Trinajstić information content (AvgIpc) is 2.61. The molecule has 1 fully saturated rings. The number of rotatable bonds is 6. The van der Waals surface area contributed by atoms with Crippen molar-refractivity contribution >= 4 is 0 Å². The zero-order valence-electron chi connectivity index (χ0n) is 11.9. The molecule has 1 aliphatic heterocycles. The van der Waals surface area contributed by atoms with Gasteiger partial charge in [0.05, 0.1) is 12.1 Å². The van der Waals surface area contributed by atoms with E-state index in [1.807, 2.05) is 6.92 Å². The van der Waals surface area contributed by atoms with Gasteiger partial charge >= 0.3 is 0 Å². The maximum Gasteiger partial charge on any atom is 0.0659 e. The van der Waals surface area contributed by atoms with Crippen molar-refractivity contribution in [1.29, 1.82) is 0 Å². The quantitative estimate of drug-likeness (QED) is 0.776. The summed E-state index contributed by atoms with van der Waals surface area (Å²) in [6.45, 7) is 11.2. The minimum Gasteiger partial charge on any atom is -0.380 e. The Labute approximate surface area is 107 Å². The third-order valence-corrected chi connectivity index (χ3v) is 4.25. The molecule has 1 rings (SSSR count). The number of likely N-dealkylation sites (tertiary alicyclic amines) is 1. The van der Waals surface area contributed by atoms with Gasteiger partial charge in [-0.05, 0) is 52.1 Å². The van der Waals surface area contributed by atoms with Crippen LogP contribution in [0.25, 0.3) is 0 Å². The second kappa shape index (κ2) is 7.34. The van der Waals surface area contributed by atoms with Crippen molar-refractivity contribution in [2.24, 2.45) is 11.7 Å². The van der Waals surface area contributed by atoms with E-state index in [1.165, 1.54) is 38.8 Å². The van der Waals surface area contributed by atoms with Crippen LogP contribution in [-0.4, -0.2) is 43.3 Å². The number of nitrogens with zero attached hydrogens (tertiary/aromatic N) is 1. The summed E-state index contributed by atoms with van der Waals surface area (Å²) >= 11 is 0. The van der Waals surface area contributed by atoms with Crippen molar-refractivity contribution < 1.29 is 4.74 Å². The highest BCUT2D eigenvalue weighted by atomic mass is 16.5. The zero-order chi connectivity index (χ0) is 12.7. The molecule has 0 aromatic rings. The normalized spacial score (nSPS) is 26.5. The number of hydrogen-bond acceptors (Lipinski definition) is 3. The van der Waals surface area contributed by atoms with Gasteiger partial charge in [0.15, 0.2) is 0 Å². The van der Waals surface area contributed by atoms with E-state index in [4.69, 9.17) is 10.5 Å². The molecule has 0 spiro atoms. The van der Waals surface area contributed by atoms with Gasteiger partial charge in [0, 0.05) is 13.2 Å². The largest absolute Gasteiger partial charge is 0.380 e. The lowest BCUT2D eigenvalue weighted by atomic mass is 9.98. The second-order valence-corrected chi connectivity index (χ2v) is 5.53. The van der Waals surface area contributed by atoms with Gasteiger partial charge < -0.3 is 10.5 Å². The van der Waals surface area contributed by atoms with Crippen molar-refractivity contribution in [3.8, 4) is 0 Å². The van der Waals surface area contributed by atoms with Gasteiger partial charge in [0.25, 0.3) is 0 Å². The van der Waals surface area contributed by atoms with Crippen LogP contribution in [0.15, 0.2) is 0 Å². The summed E-state index contributed by atoms with van der Waals surface area (Å²) in [6.07, 6.45) is 5.32. The van der Waals surface area contributed by atoms with Gasteiger partial charge in [0.1, 0.15) is 0 Å². The molecule has 17 heavy (non-hydrogen) atoms. The first-order chi connectivity index (χ1) is 8.16. The van der Waals surface area contributed by atoms with Crippen LogP contribution in [0.4, 0.5) is 0 Å². The Morgan fingerprint density at radius 3 is 2.65 bits per heavy atom. The molecule has 0 amide bonds. The Hall–Kier alpha value is -0.120. The van der Waals surface area contributed by atoms with E-state index in [1.54, 1.807) is 0 Å². The van der Waals surface area contributed by atoms with Gasteiger partial charge in [0.2, 0.25) is 0 Å². The summed E-state index contributed by atoms with van der Waals surface area (Å²) in [5.74, 6) is 0.911. The lowest BCUT2D eigenvalue weighted by Crippen LogP contribution is -2.55. The highest BCUT2D eigenvalue weighted by Gasteiger charge is 2.32. The van der Waals surface area contributed by atoms with Crippen LogP contribution in [0, 0.1) is 5.92 Å².